The number of fused-ring (bicyclic) bond motifs is 1. The van der Waals surface area contributed by atoms with Crippen molar-refractivity contribution >= 4 is 58.1 Å². The number of H-pyrrole nitrogens is 1. The van der Waals surface area contributed by atoms with Crippen LogP contribution < -0.4 is 10.6 Å². The van der Waals surface area contributed by atoms with Crippen LogP contribution in [0.25, 0.3) is 10.9 Å². The molecular weight excluding hydrogens is 537 g/mol. The van der Waals surface area contributed by atoms with Crippen molar-refractivity contribution in [3.63, 3.8) is 0 Å². The van der Waals surface area contributed by atoms with E-state index in [4.69, 9.17) is 9.73 Å². The van der Waals surface area contributed by atoms with Gasteiger partial charge in [-0.25, -0.2) is 9.78 Å². The molecule has 3 N–H and O–H groups in total. The lowest BCUT2D eigenvalue weighted by Crippen LogP contribution is -2.38. The third-order valence-electron chi connectivity index (χ3n) is 4.99. The molecule has 0 aliphatic heterocycles. The van der Waals surface area contributed by atoms with Crippen molar-refractivity contribution in [2.24, 2.45) is 4.99 Å². The lowest BCUT2D eigenvalue weighted by atomic mass is 10.1. The number of carbonyl (C=O) groups excluding carboxylic acids is 1. The van der Waals surface area contributed by atoms with Crippen LogP contribution in [0.1, 0.15) is 58.3 Å². The molecule has 0 saturated heterocycles. The molecule has 0 aliphatic rings. The van der Waals surface area contributed by atoms with E-state index >= 15 is 0 Å². The number of halogens is 1. The first-order chi connectivity index (χ1) is 14.9. The molecule has 0 bridgehead atoms. The fourth-order valence-electron chi connectivity index (χ4n) is 3.51. The molecule has 174 valence electrons. The predicted octanol–water partition coefficient (Wildman–Crippen LogP) is 4.89. The lowest BCUT2D eigenvalue weighted by molar-refractivity contribution is 0.0531. The standard InChI is InChI=1S/C23H31N5O2S.HI/c1-6-24-23(25-12-11-17-13-26-18-10-8-9-14(3)19(17)18)28-16(5)21-27-15(4)20(31-21)22(29)30-7-2;/h8-10,13,16,26H,6-7,11-12H2,1-5H3,(H2,24,25,28);1H. The number of esters is 1. The third kappa shape index (κ3) is 6.22. The van der Waals surface area contributed by atoms with Crippen molar-refractivity contribution in [3.05, 3.63) is 51.1 Å². The number of aromatic amines is 1. The number of ether oxygens (including phenoxy) is 1. The zero-order valence-electron chi connectivity index (χ0n) is 19.2. The van der Waals surface area contributed by atoms with Gasteiger partial charge in [0.2, 0.25) is 0 Å². The van der Waals surface area contributed by atoms with E-state index in [1.165, 1.54) is 27.8 Å². The largest absolute Gasteiger partial charge is 0.462 e. The van der Waals surface area contributed by atoms with Crippen molar-refractivity contribution in [2.75, 3.05) is 19.7 Å². The van der Waals surface area contributed by atoms with Crippen LogP contribution in [0.15, 0.2) is 29.4 Å². The minimum absolute atomic E-state index is 0. The molecule has 1 unspecified atom stereocenters. The number of nitrogens with zero attached hydrogens (tertiary/aromatic N) is 2. The molecular formula is C23H32IN5O2S. The van der Waals surface area contributed by atoms with Crippen LogP contribution in [-0.4, -0.2) is 41.6 Å². The quantitative estimate of drug-likeness (QED) is 0.156. The summed E-state index contributed by atoms with van der Waals surface area (Å²) >= 11 is 1.37. The van der Waals surface area contributed by atoms with E-state index in [-0.39, 0.29) is 36.0 Å². The van der Waals surface area contributed by atoms with Gasteiger partial charge in [-0.3, -0.25) is 4.99 Å². The molecule has 9 heteroatoms. The normalized spacial score (nSPS) is 12.3. The van der Waals surface area contributed by atoms with E-state index in [0.29, 0.717) is 23.7 Å². The summed E-state index contributed by atoms with van der Waals surface area (Å²) in [6, 6.07) is 6.22. The minimum Gasteiger partial charge on any atom is -0.462 e. The maximum absolute atomic E-state index is 12.1. The number of hydrogen-bond acceptors (Lipinski definition) is 5. The Morgan fingerprint density at radius 3 is 2.81 bits per heavy atom. The summed E-state index contributed by atoms with van der Waals surface area (Å²) in [6.45, 7) is 11.6. The van der Waals surface area contributed by atoms with Gasteiger partial charge in [-0.05, 0) is 58.2 Å². The number of nitrogens with one attached hydrogen (secondary N) is 3. The molecule has 3 rings (SSSR count). The number of aromatic nitrogens is 2. The topological polar surface area (TPSA) is 91.4 Å². The summed E-state index contributed by atoms with van der Waals surface area (Å²) in [4.78, 5) is 25.3. The fourth-order valence-corrected chi connectivity index (χ4v) is 4.48. The van der Waals surface area contributed by atoms with Gasteiger partial charge in [0.1, 0.15) is 9.88 Å². The average Bonchev–Trinajstić information content (AvgIpc) is 3.33. The first-order valence-electron chi connectivity index (χ1n) is 10.7. The Balaban J connectivity index is 0.00000363. The van der Waals surface area contributed by atoms with E-state index in [9.17, 15) is 4.79 Å². The third-order valence-corrected chi connectivity index (χ3v) is 6.31. The smallest absolute Gasteiger partial charge is 0.350 e. The van der Waals surface area contributed by atoms with Gasteiger partial charge in [0, 0.05) is 30.2 Å². The highest BCUT2D eigenvalue weighted by molar-refractivity contribution is 14.0. The second-order valence-corrected chi connectivity index (χ2v) is 8.41. The Kier molecular flexibility index (Phi) is 9.95. The molecule has 2 heterocycles. The molecule has 7 nitrogen and oxygen atoms in total. The van der Waals surface area contributed by atoms with Gasteiger partial charge in [-0.1, -0.05) is 12.1 Å². The van der Waals surface area contributed by atoms with Gasteiger partial charge in [-0.15, -0.1) is 35.3 Å². The second-order valence-electron chi connectivity index (χ2n) is 7.38. The van der Waals surface area contributed by atoms with Crippen LogP contribution in [-0.2, 0) is 11.2 Å². The minimum atomic E-state index is -0.314. The highest BCUT2D eigenvalue weighted by Gasteiger charge is 2.20. The number of guanidine groups is 1. The van der Waals surface area contributed by atoms with Crippen molar-refractivity contribution in [3.8, 4) is 0 Å². The van der Waals surface area contributed by atoms with Crippen LogP contribution in [0, 0.1) is 13.8 Å². The van der Waals surface area contributed by atoms with Gasteiger partial charge in [0.05, 0.1) is 18.3 Å². The van der Waals surface area contributed by atoms with Gasteiger partial charge in [-0.2, -0.15) is 0 Å². The molecule has 0 spiro atoms. The summed E-state index contributed by atoms with van der Waals surface area (Å²) in [5.41, 5.74) is 4.40. The molecule has 0 saturated carbocycles. The van der Waals surface area contributed by atoms with Gasteiger partial charge < -0.3 is 20.4 Å². The highest BCUT2D eigenvalue weighted by atomic mass is 127. The van der Waals surface area contributed by atoms with E-state index in [0.717, 1.165) is 29.4 Å². The zero-order chi connectivity index (χ0) is 22.4. The first-order valence-corrected chi connectivity index (χ1v) is 11.5. The van der Waals surface area contributed by atoms with E-state index in [1.54, 1.807) is 6.92 Å². The van der Waals surface area contributed by atoms with Crippen LogP contribution in [0.3, 0.4) is 0 Å². The molecule has 0 fully saturated rings. The first kappa shape index (κ1) is 26.1. The fraction of sp³-hybridized carbons (Fsp3) is 0.435. The van der Waals surface area contributed by atoms with Crippen LogP contribution in [0.4, 0.5) is 0 Å². The number of aryl methyl sites for hydroxylation is 2. The van der Waals surface area contributed by atoms with Crippen molar-refractivity contribution in [1.82, 2.24) is 20.6 Å². The SMILES string of the molecule is CCNC(=NCCc1c[nH]c2cccc(C)c12)NC(C)c1nc(C)c(C(=O)OCC)s1.I. The van der Waals surface area contributed by atoms with Gasteiger partial charge in [0.25, 0.3) is 0 Å². The lowest BCUT2D eigenvalue weighted by Gasteiger charge is -2.16. The Bertz CT molecular complexity index is 1080. The van der Waals surface area contributed by atoms with Crippen LogP contribution >= 0.6 is 35.3 Å². The van der Waals surface area contributed by atoms with Crippen LogP contribution in [0.5, 0.6) is 0 Å². The molecule has 2 aromatic heterocycles. The molecule has 32 heavy (non-hydrogen) atoms. The molecule has 1 aromatic carbocycles. The number of carbonyl (C=O) groups is 1. The molecule has 0 amide bonds. The van der Waals surface area contributed by atoms with Gasteiger partial charge in [0.15, 0.2) is 5.96 Å². The molecule has 0 radical (unpaired) electrons. The number of benzene rings is 1. The summed E-state index contributed by atoms with van der Waals surface area (Å²) in [6.07, 6.45) is 2.92. The van der Waals surface area contributed by atoms with Gasteiger partial charge >= 0.3 is 5.97 Å². The maximum atomic E-state index is 12.1. The van der Waals surface area contributed by atoms with Crippen molar-refractivity contribution in [1.29, 1.82) is 0 Å². The number of rotatable bonds is 8. The maximum Gasteiger partial charge on any atom is 0.350 e. The highest BCUT2D eigenvalue weighted by Crippen LogP contribution is 2.25. The Morgan fingerprint density at radius 2 is 2.09 bits per heavy atom. The summed E-state index contributed by atoms with van der Waals surface area (Å²) < 4.78 is 5.12. The number of thiazole rings is 1. The Morgan fingerprint density at radius 1 is 1.31 bits per heavy atom. The average molecular weight is 570 g/mol. The van der Waals surface area contributed by atoms with E-state index in [2.05, 4.69) is 51.9 Å². The van der Waals surface area contributed by atoms with Crippen molar-refractivity contribution in [2.45, 2.75) is 47.1 Å². The van der Waals surface area contributed by atoms with E-state index in [1.807, 2.05) is 20.8 Å². The van der Waals surface area contributed by atoms with Crippen molar-refractivity contribution < 1.29 is 9.53 Å². The molecule has 3 aromatic rings. The zero-order valence-corrected chi connectivity index (χ0v) is 22.4. The monoisotopic (exact) mass is 569 g/mol. The predicted molar refractivity (Wildman–Crippen MR) is 142 cm³/mol. The van der Waals surface area contributed by atoms with E-state index < -0.39 is 0 Å². The summed E-state index contributed by atoms with van der Waals surface area (Å²) in [7, 11) is 0. The molecule has 1 atom stereocenters. The summed E-state index contributed by atoms with van der Waals surface area (Å²) in [5, 5.41) is 8.81. The molecule has 0 aliphatic carbocycles. The Hall–Kier alpha value is -2.14. The number of aliphatic imine (C=N–C) groups is 1. The Labute approximate surface area is 210 Å². The summed E-state index contributed by atoms with van der Waals surface area (Å²) in [5.74, 6) is 0.419. The van der Waals surface area contributed by atoms with Crippen LogP contribution in [0.2, 0.25) is 0 Å². The second kappa shape index (κ2) is 12.2. The number of hydrogen-bond donors (Lipinski definition) is 3.